The Hall–Kier alpha value is -3.09. The van der Waals surface area contributed by atoms with E-state index in [4.69, 9.17) is 9.47 Å². The molecule has 1 aromatic heterocycles. The van der Waals surface area contributed by atoms with Crippen LogP contribution in [-0.2, 0) is 16.8 Å². The number of carbonyl (C=O) groups is 2. The molecule has 2 amide bonds. The highest BCUT2D eigenvalue weighted by atomic mass is 16.5. The molecule has 2 rings (SSSR count). The third-order valence-corrected chi connectivity index (χ3v) is 3.78. The van der Waals surface area contributed by atoms with Crippen LogP contribution in [0.3, 0.4) is 0 Å². The number of ether oxygens (including phenoxy) is 2. The molecule has 0 atom stereocenters. The highest BCUT2D eigenvalue weighted by molar-refractivity contribution is 5.92. The lowest BCUT2D eigenvalue weighted by molar-refractivity contribution is -0.131. The van der Waals surface area contributed by atoms with Gasteiger partial charge in [-0.2, -0.15) is 0 Å². The van der Waals surface area contributed by atoms with Crippen LogP contribution in [0, 0.1) is 0 Å². The number of hydrogen-bond donors (Lipinski definition) is 2. The average Bonchev–Trinajstić information content (AvgIpc) is 2.60. The van der Waals surface area contributed by atoms with Crippen LogP contribution in [0.25, 0.3) is 0 Å². The number of esters is 1. The van der Waals surface area contributed by atoms with E-state index in [1.165, 1.54) is 6.92 Å². The van der Waals surface area contributed by atoms with E-state index in [2.05, 4.69) is 15.6 Å². The van der Waals surface area contributed by atoms with Crippen LogP contribution in [0.1, 0.15) is 38.8 Å². The zero-order valence-electron chi connectivity index (χ0n) is 16.3. The molecule has 0 aliphatic heterocycles. The second-order valence-corrected chi connectivity index (χ2v) is 7.06. The zero-order valence-corrected chi connectivity index (χ0v) is 16.3. The van der Waals surface area contributed by atoms with Gasteiger partial charge in [0.25, 0.3) is 0 Å². The van der Waals surface area contributed by atoms with Crippen LogP contribution >= 0.6 is 0 Å². The minimum atomic E-state index is -0.468. The highest BCUT2D eigenvalue weighted by Gasteiger charge is 2.25. The lowest BCUT2D eigenvalue weighted by atomic mass is 9.85. The molecule has 1 aromatic carbocycles. The zero-order chi connectivity index (χ0) is 20.0. The Balaban J connectivity index is 2.30. The van der Waals surface area contributed by atoms with Gasteiger partial charge in [0, 0.05) is 37.5 Å². The smallest absolute Gasteiger partial charge is 0.319 e. The third-order valence-electron chi connectivity index (χ3n) is 3.78. The van der Waals surface area contributed by atoms with Crippen molar-refractivity contribution in [1.82, 2.24) is 10.3 Å². The normalized spacial score (nSPS) is 10.9. The number of urea groups is 1. The first kappa shape index (κ1) is 20.2. The van der Waals surface area contributed by atoms with Crippen molar-refractivity contribution in [1.29, 1.82) is 0 Å². The molecule has 0 aliphatic carbocycles. The highest BCUT2D eigenvalue weighted by Crippen LogP contribution is 2.40. The fourth-order valence-electron chi connectivity index (χ4n) is 2.48. The fraction of sp³-hybridized carbons (Fsp3) is 0.350. The molecule has 0 saturated carbocycles. The minimum absolute atomic E-state index is 0.312. The summed E-state index contributed by atoms with van der Waals surface area (Å²) in [5.41, 5.74) is 1.65. The Kier molecular flexibility index (Phi) is 6.39. The van der Waals surface area contributed by atoms with Gasteiger partial charge in [-0.15, -0.1) is 0 Å². The van der Waals surface area contributed by atoms with E-state index in [0.717, 1.165) is 11.1 Å². The summed E-state index contributed by atoms with van der Waals surface area (Å²) in [5, 5.41) is 5.50. The second kappa shape index (κ2) is 8.53. The van der Waals surface area contributed by atoms with Gasteiger partial charge in [-0.05, 0) is 23.1 Å². The lowest BCUT2D eigenvalue weighted by Gasteiger charge is -2.25. The number of pyridine rings is 1. The monoisotopic (exact) mass is 371 g/mol. The summed E-state index contributed by atoms with van der Waals surface area (Å²) in [6.07, 6.45) is 3.34. The Morgan fingerprint density at radius 1 is 1.22 bits per heavy atom. The van der Waals surface area contributed by atoms with Crippen molar-refractivity contribution in [3.8, 4) is 11.5 Å². The molecule has 1 heterocycles. The van der Waals surface area contributed by atoms with Gasteiger partial charge in [-0.25, -0.2) is 4.79 Å². The van der Waals surface area contributed by atoms with Crippen molar-refractivity contribution in [3.05, 3.63) is 47.8 Å². The number of nitrogens with zero attached hydrogens (tertiary/aromatic N) is 1. The van der Waals surface area contributed by atoms with Gasteiger partial charge in [0.05, 0.1) is 12.8 Å². The number of hydrogen-bond acceptors (Lipinski definition) is 5. The van der Waals surface area contributed by atoms with Crippen molar-refractivity contribution in [2.45, 2.75) is 39.7 Å². The molecule has 2 aromatic rings. The summed E-state index contributed by atoms with van der Waals surface area (Å²) in [7, 11) is 1.54. The summed E-state index contributed by atoms with van der Waals surface area (Å²) < 4.78 is 10.8. The number of methoxy groups -OCH3 is 1. The average molecular weight is 371 g/mol. The maximum atomic E-state index is 12.4. The SMILES string of the molecule is COc1cc(NC(=O)NCc2cccnc2)c(OC(C)=O)c(C(C)(C)C)c1. The van der Waals surface area contributed by atoms with E-state index in [1.807, 2.05) is 26.8 Å². The molecule has 0 radical (unpaired) electrons. The van der Waals surface area contributed by atoms with E-state index in [9.17, 15) is 9.59 Å². The molecule has 0 saturated heterocycles. The Labute approximate surface area is 159 Å². The molecule has 0 fully saturated rings. The van der Waals surface area contributed by atoms with Crippen molar-refractivity contribution < 1.29 is 19.1 Å². The Bertz CT molecular complexity index is 814. The van der Waals surface area contributed by atoms with Crippen LogP contribution in [-0.4, -0.2) is 24.1 Å². The van der Waals surface area contributed by atoms with E-state index in [-0.39, 0.29) is 5.41 Å². The first-order valence-corrected chi connectivity index (χ1v) is 8.55. The standard InChI is InChI=1S/C20H25N3O4/c1-13(24)27-18-16(20(2,3)4)9-15(26-5)10-17(18)23-19(25)22-12-14-7-6-8-21-11-14/h6-11H,12H2,1-5H3,(H2,22,23,25). The number of carbonyl (C=O) groups excluding carboxylic acids is 2. The molecule has 2 N–H and O–H groups in total. The second-order valence-electron chi connectivity index (χ2n) is 7.06. The summed E-state index contributed by atoms with van der Waals surface area (Å²) in [6.45, 7) is 7.60. The van der Waals surface area contributed by atoms with Crippen molar-refractivity contribution in [2.24, 2.45) is 0 Å². The number of aromatic nitrogens is 1. The first-order chi connectivity index (χ1) is 12.7. The Morgan fingerprint density at radius 3 is 2.52 bits per heavy atom. The van der Waals surface area contributed by atoms with Crippen LogP contribution in [0.5, 0.6) is 11.5 Å². The predicted molar refractivity (Wildman–Crippen MR) is 103 cm³/mol. The van der Waals surface area contributed by atoms with Gasteiger partial charge < -0.3 is 20.1 Å². The van der Waals surface area contributed by atoms with Gasteiger partial charge in [-0.1, -0.05) is 26.8 Å². The number of amides is 2. The van der Waals surface area contributed by atoms with Gasteiger partial charge in [0.15, 0.2) is 5.75 Å². The van der Waals surface area contributed by atoms with Crippen LogP contribution in [0.15, 0.2) is 36.7 Å². The molecule has 7 heteroatoms. The summed E-state index contributed by atoms with van der Waals surface area (Å²) in [4.78, 5) is 28.0. The Morgan fingerprint density at radius 2 is 1.96 bits per heavy atom. The van der Waals surface area contributed by atoms with Gasteiger partial charge in [0.1, 0.15) is 5.75 Å². The van der Waals surface area contributed by atoms with Crippen molar-refractivity contribution >= 4 is 17.7 Å². The summed E-state index contributed by atoms with van der Waals surface area (Å²) in [6, 6.07) is 6.65. The molecule has 27 heavy (non-hydrogen) atoms. The molecule has 0 bridgehead atoms. The molecular weight excluding hydrogens is 346 g/mol. The van der Waals surface area contributed by atoms with Crippen LogP contribution < -0.4 is 20.1 Å². The summed E-state index contributed by atoms with van der Waals surface area (Å²) in [5.74, 6) is 0.398. The molecule has 144 valence electrons. The maximum absolute atomic E-state index is 12.4. The van der Waals surface area contributed by atoms with Crippen LogP contribution in [0.4, 0.5) is 10.5 Å². The third kappa shape index (κ3) is 5.70. The van der Waals surface area contributed by atoms with E-state index < -0.39 is 12.0 Å². The summed E-state index contributed by atoms with van der Waals surface area (Å²) >= 11 is 0. The molecular formula is C20H25N3O4. The van der Waals surface area contributed by atoms with Gasteiger partial charge >= 0.3 is 12.0 Å². The van der Waals surface area contributed by atoms with E-state index in [1.54, 1.807) is 37.7 Å². The van der Waals surface area contributed by atoms with E-state index >= 15 is 0 Å². The minimum Gasteiger partial charge on any atom is -0.497 e. The van der Waals surface area contributed by atoms with E-state index in [0.29, 0.717) is 23.7 Å². The molecule has 0 spiro atoms. The predicted octanol–water partition coefficient (Wildman–Crippen LogP) is 3.63. The fourth-order valence-corrected chi connectivity index (χ4v) is 2.48. The molecule has 0 aliphatic rings. The number of nitrogens with one attached hydrogen (secondary N) is 2. The van der Waals surface area contributed by atoms with Crippen molar-refractivity contribution in [2.75, 3.05) is 12.4 Å². The van der Waals surface area contributed by atoms with Gasteiger partial charge in [-0.3, -0.25) is 9.78 Å². The van der Waals surface area contributed by atoms with Crippen LogP contribution in [0.2, 0.25) is 0 Å². The maximum Gasteiger partial charge on any atom is 0.319 e. The molecule has 0 unspecified atom stereocenters. The number of anilines is 1. The first-order valence-electron chi connectivity index (χ1n) is 8.55. The largest absolute Gasteiger partial charge is 0.497 e. The number of benzene rings is 1. The lowest BCUT2D eigenvalue weighted by Crippen LogP contribution is -2.29. The number of rotatable bonds is 5. The van der Waals surface area contributed by atoms with Gasteiger partial charge in [0.2, 0.25) is 0 Å². The quantitative estimate of drug-likeness (QED) is 0.619. The van der Waals surface area contributed by atoms with Crippen molar-refractivity contribution in [3.63, 3.8) is 0 Å². The topological polar surface area (TPSA) is 89.6 Å². The molecule has 7 nitrogen and oxygen atoms in total.